The van der Waals surface area contributed by atoms with E-state index < -0.39 is 0 Å². The van der Waals surface area contributed by atoms with Crippen molar-refractivity contribution < 1.29 is 15.0 Å². The largest absolute Gasteiger partial charge is 0.508 e. The SMILES string of the molecule is CC(C)(CCCC#N)c1cc(O)c(C2CC(=O)C3CC2C3(C)C)c(O)c1. The number of Topliss-reactive ketones (excluding diaryl/α,β-unsaturated/α-hetero) is 1. The normalized spacial score (nSPS) is 26.9. The summed E-state index contributed by atoms with van der Waals surface area (Å²) in [7, 11) is 0. The van der Waals surface area contributed by atoms with Gasteiger partial charge in [0.15, 0.2) is 0 Å². The number of hydrogen-bond acceptors (Lipinski definition) is 4. The predicted octanol–water partition coefficient (Wildman–Crippen LogP) is 4.79. The highest BCUT2D eigenvalue weighted by molar-refractivity contribution is 5.86. The molecular formula is C22H29NO3. The number of aromatic hydroxyl groups is 2. The summed E-state index contributed by atoms with van der Waals surface area (Å²) in [6, 6.07) is 5.64. The molecule has 26 heavy (non-hydrogen) atoms. The van der Waals surface area contributed by atoms with E-state index in [1.165, 1.54) is 0 Å². The van der Waals surface area contributed by atoms with E-state index >= 15 is 0 Å². The van der Waals surface area contributed by atoms with Crippen molar-refractivity contribution in [3.8, 4) is 17.6 Å². The lowest BCUT2D eigenvalue weighted by Crippen LogP contribution is -2.56. The van der Waals surface area contributed by atoms with E-state index in [9.17, 15) is 15.0 Å². The molecule has 1 aromatic rings. The molecule has 0 aromatic heterocycles. The first-order valence-electron chi connectivity index (χ1n) is 9.55. The Morgan fingerprint density at radius 1 is 1.27 bits per heavy atom. The van der Waals surface area contributed by atoms with Gasteiger partial charge in [-0.15, -0.1) is 0 Å². The van der Waals surface area contributed by atoms with Crippen molar-refractivity contribution in [2.75, 3.05) is 0 Å². The van der Waals surface area contributed by atoms with Gasteiger partial charge in [-0.3, -0.25) is 4.79 Å². The Morgan fingerprint density at radius 3 is 2.38 bits per heavy atom. The molecule has 3 unspecified atom stereocenters. The van der Waals surface area contributed by atoms with Gasteiger partial charge in [0.05, 0.1) is 6.07 Å². The minimum atomic E-state index is -0.242. The van der Waals surface area contributed by atoms with Crippen LogP contribution < -0.4 is 0 Å². The number of phenols is 2. The van der Waals surface area contributed by atoms with E-state index in [1.807, 2.05) is 0 Å². The van der Waals surface area contributed by atoms with E-state index in [0.717, 1.165) is 24.8 Å². The van der Waals surface area contributed by atoms with Crippen LogP contribution in [0.4, 0.5) is 0 Å². The average Bonchev–Trinajstić information content (AvgIpc) is 2.53. The van der Waals surface area contributed by atoms with E-state index in [1.54, 1.807) is 12.1 Å². The van der Waals surface area contributed by atoms with Gasteiger partial charge in [0, 0.05) is 30.2 Å². The molecule has 3 atom stereocenters. The molecule has 140 valence electrons. The molecular weight excluding hydrogens is 326 g/mol. The first kappa shape index (κ1) is 18.8. The van der Waals surface area contributed by atoms with Crippen molar-refractivity contribution in [2.45, 2.75) is 71.1 Å². The standard InChI is InChI=1S/C22H29NO3/c1-21(2,7-5-6-8-23)13-9-18(25)20(19(26)10-13)14-11-17(24)16-12-15(14)22(16,3)4/h9-10,14-16,25-26H,5-7,11-12H2,1-4H3. The van der Waals surface area contributed by atoms with E-state index in [4.69, 9.17) is 5.26 Å². The van der Waals surface area contributed by atoms with Crippen LogP contribution in [0, 0.1) is 28.6 Å². The van der Waals surface area contributed by atoms with Gasteiger partial charge in [-0.2, -0.15) is 5.26 Å². The monoisotopic (exact) mass is 355 g/mol. The van der Waals surface area contributed by atoms with Gasteiger partial charge in [0.25, 0.3) is 0 Å². The second-order valence-corrected chi connectivity index (χ2v) is 9.32. The molecule has 1 aromatic carbocycles. The summed E-state index contributed by atoms with van der Waals surface area (Å²) in [6.45, 7) is 8.36. The minimum absolute atomic E-state index is 0.0614. The van der Waals surface area contributed by atoms with Crippen LogP contribution in [0.25, 0.3) is 0 Å². The average molecular weight is 355 g/mol. The van der Waals surface area contributed by atoms with E-state index in [0.29, 0.717) is 24.3 Å². The molecule has 0 amide bonds. The van der Waals surface area contributed by atoms with E-state index in [-0.39, 0.29) is 39.9 Å². The Balaban J connectivity index is 1.91. The van der Waals surface area contributed by atoms with Crippen LogP contribution in [-0.2, 0) is 10.2 Å². The molecule has 3 aliphatic rings. The van der Waals surface area contributed by atoms with Gasteiger partial charge in [-0.05, 0) is 53.7 Å². The number of nitrogens with zero attached hydrogens (tertiary/aromatic N) is 1. The summed E-state index contributed by atoms with van der Waals surface area (Å²) in [5.41, 5.74) is 1.09. The molecule has 0 aliphatic heterocycles. The highest BCUT2D eigenvalue weighted by Gasteiger charge is 2.59. The Labute approximate surface area is 155 Å². The van der Waals surface area contributed by atoms with Crippen LogP contribution in [-0.4, -0.2) is 16.0 Å². The summed E-state index contributed by atoms with van der Waals surface area (Å²) in [5, 5.41) is 30.2. The lowest BCUT2D eigenvalue weighted by Gasteiger charge is -2.59. The number of hydrogen-bond donors (Lipinski definition) is 2. The first-order chi connectivity index (χ1) is 12.1. The molecule has 2 N–H and O–H groups in total. The minimum Gasteiger partial charge on any atom is -0.508 e. The molecule has 0 saturated heterocycles. The lowest BCUT2D eigenvalue weighted by atomic mass is 9.44. The quantitative estimate of drug-likeness (QED) is 0.744. The zero-order valence-corrected chi connectivity index (χ0v) is 16.2. The predicted molar refractivity (Wildman–Crippen MR) is 100 cm³/mol. The van der Waals surface area contributed by atoms with Gasteiger partial charge in [-0.25, -0.2) is 0 Å². The number of ketones is 1. The number of carbonyl (C=O) groups is 1. The molecule has 3 aliphatic carbocycles. The Kier molecular flexibility index (Phi) is 4.55. The van der Waals surface area contributed by atoms with Crippen LogP contribution in [0.1, 0.15) is 76.8 Å². The summed E-state index contributed by atoms with van der Waals surface area (Å²) in [4.78, 5) is 12.4. The fourth-order valence-electron chi connectivity index (χ4n) is 5.14. The van der Waals surface area contributed by atoms with Crippen molar-refractivity contribution >= 4 is 5.78 Å². The molecule has 3 fully saturated rings. The first-order valence-corrected chi connectivity index (χ1v) is 9.55. The maximum atomic E-state index is 12.4. The number of phenolic OH excluding ortho intramolecular Hbond substituents is 2. The van der Waals surface area contributed by atoms with Crippen LogP contribution in [0.15, 0.2) is 12.1 Å². The topological polar surface area (TPSA) is 81.3 Å². The molecule has 4 nitrogen and oxygen atoms in total. The van der Waals surface area contributed by atoms with Crippen molar-refractivity contribution in [2.24, 2.45) is 17.3 Å². The third-order valence-corrected chi connectivity index (χ3v) is 7.02. The van der Waals surface area contributed by atoms with Crippen molar-refractivity contribution in [3.05, 3.63) is 23.3 Å². The summed E-state index contributed by atoms with van der Waals surface area (Å²) in [6.07, 6.45) is 3.35. The van der Waals surface area contributed by atoms with Crippen LogP contribution in [0.2, 0.25) is 0 Å². The molecule has 2 bridgehead atoms. The fourth-order valence-corrected chi connectivity index (χ4v) is 5.14. The fraction of sp³-hybridized carbons (Fsp3) is 0.636. The molecule has 0 spiro atoms. The molecule has 3 saturated carbocycles. The summed E-state index contributed by atoms with van der Waals surface area (Å²) in [5.74, 6) is 0.767. The van der Waals surface area contributed by atoms with Crippen LogP contribution >= 0.6 is 0 Å². The van der Waals surface area contributed by atoms with Gasteiger partial charge in [0.2, 0.25) is 0 Å². The smallest absolute Gasteiger partial charge is 0.137 e. The van der Waals surface area contributed by atoms with Crippen LogP contribution in [0.5, 0.6) is 11.5 Å². The molecule has 4 rings (SSSR count). The van der Waals surface area contributed by atoms with Crippen LogP contribution in [0.3, 0.4) is 0 Å². The number of rotatable bonds is 5. The molecule has 0 radical (unpaired) electrons. The van der Waals surface area contributed by atoms with Gasteiger partial charge in [-0.1, -0.05) is 27.7 Å². The Hall–Kier alpha value is -2.02. The maximum absolute atomic E-state index is 12.4. The maximum Gasteiger partial charge on any atom is 0.137 e. The second kappa shape index (κ2) is 6.30. The van der Waals surface area contributed by atoms with Gasteiger partial charge in [0.1, 0.15) is 17.3 Å². The van der Waals surface area contributed by atoms with Crippen molar-refractivity contribution in [1.82, 2.24) is 0 Å². The number of fused-ring (bicyclic) bond motifs is 2. The zero-order chi connectivity index (χ0) is 19.3. The Bertz CT molecular complexity index is 749. The number of unbranched alkanes of at least 4 members (excludes halogenated alkanes) is 1. The van der Waals surface area contributed by atoms with Crippen molar-refractivity contribution in [3.63, 3.8) is 0 Å². The number of nitriles is 1. The van der Waals surface area contributed by atoms with Crippen molar-refractivity contribution in [1.29, 1.82) is 5.26 Å². The number of carbonyl (C=O) groups excluding carboxylic acids is 1. The Morgan fingerprint density at radius 2 is 1.88 bits per heavy atom. The van der Waals surface area contributed by atoms with Gasteiger partial charge >= 0.3 is 0 Å². The second-order valence-electron chi connectivity index (χ2n) is 9.32. The lowest BCUT2D eigenvalue weighted by molar-refractivity contribution is -0.151. The molecule has 4 heteroatoms. The number of benzene rings is 1. The highest BCUT2D eigenvalue weighted by atomic mass is 16.3. The highest BCUT2D eigenvalue weighted by Crippen LogP contribution is 2.64. The van der Waals surface area contributed by atoms with E-state index in [2.05, 4.69) is 33.8 Å². The third-order valence-electron chi connectivity index (χ3n) is 7.02. The summed E-state index contributed by atoms with van der Waals surface area (Å²) >= 11 is 0. The third kappa shape index (κ3) is 2.88. The zero-order valence-electron chi connectivity index (χ0n) is 16.2. The summed E-state index contributed by atoms with van der Waals surface area (Å²) < 4.78 is 0. The van der Waals surface area contributed by atoms with Gasteiger partial charge < -0.3 is 10.2 Å². The molecule has 0 heterocycles.